The number of hydrogen-bond acceptors (Lipinski definition) is 5. The van der Waals surface area contributed by atoms with Crippen molar-refractivity contribution in [2.45, 2.75) is 58.0 Å². The van der Waals surface area contributed by atoms with Crippen molar-refractivity contribution < 1.29 is 0 Å². The zero-order valence-electron chi connectivity index (χ0n) is 24.8. The number of aromatic amines is 1. The van der Waals surface area contributed by atoms with Crippen molar-refractivity contribution in [3.8, 4) is 5.69 Å². The smallest absolute Gasteiger partial charge is 0.137 e. The van der Waals surface area contributed by atoms with E-state index in [0.717, 1.165) is 66.3 Å². The van der Waals surface area contributed by atoms with E-state index in [-0.39, 0.29) is 0 Å². The molecular formula is C36H36ClN7. The Hall–Kier alpha value is -4.30. The highest BCUT2D eigenvalue weighted by molar-refractivity contribution is 6.30. The van der Waals surface area contributed by atoms with E-state index in [2.05, 4.69) is 73.8 Å². The van der Waals surface area contributed by atoms with E-state index in [4.69, 9.17) is 16.6 Å². The number of nitrogens with one attached hydrogen (secondary N) is 2. The van der Waals surface area contributed by atoms with Crippen molar-refractivity contribution in [2.24, 2.45) is 4.99 Å². The van der Waals surface area contributed by atoms with Gasteiger partial charge in [0.05, 0.1) is 35.0 Å². The predicted octanol–water partition coefficient (Wildman–Crippen LogP) is 7.10. The first-order valence-electron chi connectivity index (χ1n) is 15.3. The summed E-state index contributed by atoms with van der Waals surface area (Å²) in [7, 11) is 0. The number of benzene rings is 3. The second-order valence-corrected chi connectivity index (χ2v) is 12.0. The molecule has 0 amide bonds. The molecule has 2 aliphatic rings. The Morgan fingerprint density at radius 3 is 2.57 bits per heavy atom. The average molecular weight is 602 g/mol. The number of imidazole rings is 1. The van der Waals surface area contributed by atoms with Gasteiger partial charge in [0.2, 0.25) is 0 Å². The number of dihydropyridines is 1. The lowest BCUT2D eigenvalue weighted by atomic mass is 9.89. The molecule has 8 heteroatoms. The molecule has 0 radical (unpaired) electrons. The molecule has 3 heterocycles. The number of allylic oxidation sites excluding steroid dienone is 1. The van der Waals surface area contributed by atoms with Crippen molar-refractivity contribution in [2.75, 3.05) is 0 Å². The summed E-state index contributed by atoms with van der Waals surface area (Å²) in [4.78, 5) is 15.7. The zero-order valence-corrected chi connectivity index (χ0v) is 25.6. The summed E-state index contributed by atoms with van der Waals surface area (Å²) in [6, 6.07) is 27.8. The molecule has 2 N–H and O–H groups in total. The number of aliphatic imine (C=N–C) groups is 1. The first-order valence-corrected chi connectivity index (χ1v) is 15.7. The lowest BCUT2D eigenvalue weighted by molar-refractivity contribution is 0.188. The number of halogens is 1. The summed E-state index contributed by atoms with van der Waals surface area (Å²) in [5.41, 5.74) is 8.85. The highest BCUT2D eigenvalue weighted by Crippen LogP contribution is 2.29. The molecule has 44 heavy (non-hydrogen) atoms. The summed E-state index contributed by atoms with van der Waals surface area (Å²) >= 11 is 6.73. The van der Waals surface area contributed by atoms with Crippen molar-refractivity contribution in [3.05, 3.63) is 136 Å². The quantitative estimate of drug-likeness (QED) is 0.179. The highest BCUT2D eigenvalue weighted by Gasteiger charge is 2.27. The molecule has 0 saturated carbocycles. The molecule has 7 nitrogen and oxygen atoms in total. The minimum Gasteiger partial charge on any atom is -0.341 e. The first kappa shape index (κ1) is 28.5. The number of aryl methyl sites for hydroxylation is 1. The first-order chi connectivity index (χ1) is 21.6. The van der Waals surface area contributed by atoms with Crippen molar-refractivity contribution in [1.29, 1.82) is 0 Å². The van der Waals surface area contributed by atoms with Crippen LogP contribution in [0.25, 0.3) is 16.7 Å². The van der Waals surface area contributed by atoms with Crippen LogP contribution in [0.5, 0.6) is 0 Å². The van der Waals surface area contributed by atoms with Gasteiger partial charge in [0, 0.05) is 37.5 Å². The third-order valence-electron chi connectivity index (χ3n) is 8.57. The topological polar surface area (TPSA) is 74.1 Å². The molecule has 0 spiro atoms. The number of para-hydroxylation sites is 3. The van der Waals surface area contributed by atoms with Gasteiger partial charge in [-0.3, -0.25) is 9.89 Å². The molecule has 2 unspecified atom stereocenters. The number of nitrogens with zero attached hydrogens (tertiary/aromatic N) is 5. The van der Waals surface area contributed by atoms with Crippen LogP contribution in [0.4, 0.5) is 0 Å². The molecular weight excluding hydrogens is 566 g/mol. The van der Waals surface area contributed by atoms with Gasteiger partial charge in [-0.05, 0) is 66.8 Å². The van der Waals surface area contributed by atoms with Crippen LogP contribution < -0.4 is 5.32 Å². The van der Waals surface area contributed by atoms with Crippen LogP contribution in [-0.2, 0) is 26.2 Å². The lowest BCUT2D eigenvalue weighted by Gasteiger charge is -2.34. The Morgan fingerprint density at radius 2 is 1.73 bits per heavy atom. The summed E-state index contributed by atoms with van der Waals surface area (Å²) in [6.45, 7) is 5.00. The van der Waals surface area contributed by atoms with E-state index in [9.17, 15) is 0 Å². The number of H-pyrrole nitrogens is 1. The molecule has 3 aromatic carbocycles. The summed E-state index contributed by atoms with van der Waals surface area (Å²) in [5, 5.41) is 8.88. The van der Waals surface area contributed by atoms with Crippen molar-refractivity contribution >= 4 is 28.8 Å². The number of rotatable bonds is 10. The standard InChI is InChI=1S/C36H36ClN7/c1-25-31(36(37)44(42-25)29-9-3-2-4-10-29)22-38-21-26-13-15-27(16-14-26)23-43(24-35-40-33-11-5-6-12-34(33)41-35)30-17-18-32-28(20-30)8-7-19-39-32/h2-16,19-20,30,32,38H,17-18,21-24H2,1H3,(H,40,41). The Balaban J connectivity index is 1.03. The zero-order chi connectivity index (χ0) is 29.9. The highest BCUT2D eigenvalue weighted by atomic mass is 35.5. The molecule has 7 rings (SSSR count). The third-order valence-corrected chi connectivity index (χ3v) is 8.96. The Morgan fingerprint density at radius 1 is 0.932 bits per heavy atom. The molecule has 222 valence electrons. The summed E-state index contributed by atoms with van der Waals surface area (Å²) < 4.78 is 1.81. The third kappa shape index (κ3) is 6.17. The maximum atomic E-state index is 6.73. The van der Waals surface area contributed by atoms with Gasteiger partial charge in [0.25, 0.3) is 0 Å². The van der Waals surface area contributed by atoms with Crippen LogP contribution in [0, 0.1) is 6.92 Å². The van der Waals surface area contributed by atoms with Gasteiger partial charge in [0.1, 0.15) is 11.0 Å². The number of aromatic nitrogens is 4. The fourth-order valence-electron chi connectivity index (χ4n) is 6.20. The molecule has 0 fully saturated rings. The predicted molar refractivity (Wildman–Crippen MR) is 178 cm³/mol. The fraction of sp³-hybridized carbons (Fsp3) is 0.250. The van der Waals surface area contributed by atoms with E-state index in [1.54, 1.807) is 4.68 Å². The van der Waals surface area contributed by atoms with Gasteiger partial charge in [-0.1, -0.05) is 78.4 Å². The van der Waals surface area contributed by atoms with Gasteiger partial charge in [-0.15, -0.1) is 0 Å². The van der Waals surface area contributed by atoms with Gasteiger partial charge < -0.3 is 10.3 Å². The van der Waals surface area contributed by atoms with Crippen LogP contribution in [-0.4, -0.2) is 42.9 Å². The molecule has 2 atom stereocenters. The molecule has 1 aliphatic carbocycles. The second-order valence-electron chi connectivity index (χ2n) is 11.6. The minimum absolute atomic E-state index is 0.294. The molecule has 0 saturated heterocycles. The largest absolute Gasteiger partial charge is 0.341 e. The Kier molecular flexibility index (Phi) is 8.24. The molecule has 2 aromatic heterocycles. The normalized spacial score (nSPS) is 17.8. The SMILES string of the molecule is Cc1nn(-c2ccccc2)c(Cl)c1CNCc1ccc(CN(Cc2nc3ccccc3[nH]2)C2C=C3C=CC=NC3CC2)cc1. The number of hydrogen-bond donors (Lipinski definition) is 2. The Bertz CT molecular complexity index is 1800. The van der Waals surface area contributed by atoms with Crippen LogP contribution in [0.15, 0.2) is 108 Å². The minimum atomic E-state index is 0.294. The van der Waals surface area contributed by atoms with E-state index in [1.165, 1.54) is 16.7 Å². The molecule has 5 aromatic rings. The fourth-order valence-corrected chi connectivity index (χ4v) is 6.54. The van der Waals surface area contributed by atoms with E-state index in [1.807, 2.05) is 61.7 Å². The number of fused-ring (bicyclic) bond motifs is 2. The van der Waals surface area contributed by atoms with E-state index in [0.29, 0.717) is 23.8 Å². The molecule has 1 aliphatic heterocycles. The maximum Gasteiger partial charge on any atom is 0.137 e. The van der Waals surface area contributed by atoms with E-state index < -0.39 is 0 Å². The van der Waals surface area contributed by atoms with Crippen LogP contribution in [0.3, 0.4) is 0 Å². The molecule has 0 bridgehead atoms. The van der Waals surface area contributed by atoms with Crippen LogP contribution in [0.2, 0.25) is 5.15 Å². The summed E-state index contributed by atoms with van der Waals surface area (Å²) in [5.74, 6) is 0.995. The van der Waals surface area contributed by atoms with E-state index >= 15 is 0 Å². The average Bonchev–Trinajstić information content (AvgIpc) is 3.60. The van der Waals surface area contributed by atoms with Gasteiger partial charge in [0.15, 0.2) is 0 Å². The van der Waals surface area contributed by atoms with Crippen LogP contribution in [0.1, 0.15) is 41.1 Å². The van der Waals surface area contributed by atoms with Gasteiger partial charge in [-0.25, -0.2) is 9.67 Å². The van der Waals surface area contributed by atoms with Gasteiger partial charge in [-0.2, -0.15) is 5.10 Å². The van der Waals surface area contributed by atoms with Gasteiger partial charge >= 0.3 is 0 Å². The maximum absolute atomic E-state index is 6.73. The Labute approximate surface area is 263 Å². The monoisotopic (exact) mass is 601 g/mol. The van der Waals surface area contributed by atoms with Crippen molar-refractivity contribution in [1.82, 2.24) is 30.0 Å². The second kappa shape index (κ2) is 12.7. The lowest BCUT2D eigenvalue weighted by Crippen LogP contribution is -2.37. The van der Waals surface area contributed by atoms with Crippen molar-refractivity contribution in [3.63, 3.8) is 0 Å². The summed E-state index contributed by atoms with van der Waals surface area (Å²) in [6.07, 6.45) is 10.7. The van der Waals surface area contributed by atoms with Crippen LogP contribution >= 0.6 is 11.6 Å².